The van der Waals surface area contributed by atoms with Crippen molar-refractivity contribution in [2.75, 3.05) is 41.8 Å². The number of nitrogen functional groups attached to an aromatic ring is 1. The number of hydrogen-bond donors (Lipinski definition) is 2. The normalized spacial score (nSPS) is 23.3. The SMILES string of the molecule is C[C@H](O)C(=O)N1CCC(CCN2c3nc(F)nc(N)c3N3C(Cc4cc5c(cc4I)CCO5)C23)CC1. The zero-order valence-electron chi connectivity index (χ0n) is 20.2. The highest BCUT2D eigenvalue weighted by Gasteiger charge is 2.59. The molecule has 0 spiro atoms. The number of aliphatic hydroxyl groups is 1. The van der Waals surface area contributed by atoms with E-state index < -0.39 is 12.2 Å². The van der Waals surface area contributed by atoms with Gasteiger partial charge in [-0.05, 0) is 84.4 Å². The molecular weight excluding hydrogens is 578 g/mol. The molecule has 0 radical (unpaired) electrons. The van der Waals surface area contributed by atoms with Gasteiger partial charge in [0.1, 0.15) is 23.7 Å². The van der Waals surface area contributed by atoms with Crippen LogP contribution in [0.25, 0.3) is 0 Å². The molecule has 1 aromatic carbocycles. The fourth-order valence-corrected chi connectivity index (χ4v) is 6.77. The van der Waals surface area contributed by atoms with Gasteiger partial charge in [0, 0.05) is 29.6 Å². The number of anilines is 3. The highest BCUT2D eigenvalue weighted by molar-refractivity contribution is 14.1. The van der Waals surface area contributed by atoms with Crippen molar-refractivity contribution in [3.8, 4) is 5.75 Å². The summed E-state index contributed by atoms with van der Waals surface area (Å²) in [6.45, 7) is 4.30. The van der Waals surface area contributed by atoms with Gasteiger partial charge in [0.15, 0.2) is 11.6 Å². The van der Waals surface area contributed by atoms with Gasteiger partial charge in [0.2, 0.25) is 0 Å². The molecule has 2 saturated heterocycles. The average molecular weight is 608 g/mol. The molecule has 0 saturated carbocycles. The second-order valence-corrected chi connectivity index (χ2v) is 11.4. The molecule has 2 fully saturated rings. The van der Waals surface area contributed by atoms with Crippen LogP contribution in [-0.4, -0.2) is 70.4 Å². The maximum Gasteiger partial charge on any atom is 0.312 e. The van der Waals surface area contributed by atoms with E-state index in [1.807, 2.05) is 0 Å². The van der Waals surface area contributed by atoms with Crippen molar-refractivity contribution in [3.05, 3.63) is 32.9 Å². The molecule has 0 aliphatic carbocycles. The lowest BCUT2D eigenvalue weighted by Gasteiger charge is -2.33. The monoisotopic (exact) mass is 608 g/mol. The fourth-order valence-electron chi connectivity index (χ4n) is 6.02. The molecule has 11 heteroatoms. The van der Waals surface area contributed by atoms with E-state index in [0.717, 1.165) is 56.7 Å². The van der Waals surface area contributed by atoms with Crippen LogP contribution >= 0.6 is 22.6 Å². The van der Waals surface area contributed by atoms with Crippen molar-refractivity contribution in [1.82, 2.24) is 14.9 Å². The topological polar surface area (TPSA) is 108 Å². The van der Waals surface area contributed by atoms with Gasteiger partial charge in [0.25, 0.3) is 5.91 Å². The van der Waals surface area contributed by atoms with Crippen LogP contribution in [-0.2, 0) is 17.6 Å². The summed E-state index contributed by atoms with van der Waals surface area (Å²) >= 11 is 2.40. The van der Waals surface area contributed by atoms with Crippen LogP contribution in [0, 0.1) is 15.6 Å². The smallest absolute Gasteiger partial charge is 0.312 e. The zero-order chi connectivity index (χ0) is 25.1. The number of aromatic nitrogens is 2. The van der Waals surface area contributed by atoms with Crippen molar-refractivity contribution < 1.29 is 19.0 Å². The third kappa shape index (κ3) is 4.13. The molecule has 4 aliphatic rings. The number of likely N-dealkylation sites (tertiary alicyclic amines) is 1. The number of rotatable bonds is 6. The third-order valence-corrected chi connectivity index (χ3v) is 8.97. The van der Waals surface area contributed by atoms with E-state index >= 15 is 0 Å². The lowest BCUT2D eigenvalue weighted by Crippen LogP contribution is -2.43. The largest absolute Gasteiger partial charge is 0.493 e. The number of nitrogens with two attached hydrogens (primary N) is 1. The summed E-state index contributed by atoms with van der Waals surface area (Å²) in [6.07, 6.45) is 2.83. The summed E-state index contributed by atoms with van der Waals surface area (Å²) in [7, 11) is 0. The second kappa shape index (κ2) is 9.16. The number of benzene rings is 1. The van der Waals surface area contributed by atoms with Gasteiger partial charge in [-0.25, -0.2) is 0 Å². The third-order valence-electron chi connectivity index (χ3n) is 7.96. The highest BCUT2D eigenvalue weighted by Crippen LogP contribution is 2.54. The Bertz CT molecular complexity index is 1200. The van der Waals surface area contributed by atoms with E-state index in [1.54, 1.807) is 4.90 Å². The minimum absolute atomic E-state index is 0.0836. The van der Waals surface area contributed by atoms with Crippen molar-refractivity contribution >= 4 is 45.8 Å². The van der Waals surface area contributed by atoms with Gasteiger partial charge in [-0.3, -0.25) is 4.79 Å². The minimum atomic E-state index is -0.958. The van der Waals surface area contributed by atoms with Crippen molar-refractivity contribution in [3.63, 3.8) is 0 Å². The van der Waals surface area contributed by atoms with E-state index in [4.69, 9.17) is 10.5 Å². The number of ether oxygens (including phenoxy) is 1. The Morgan fingerprint density at radius 2 is 2.11 bits per heavy atom. The van der Waals surface area contributed by atoms with E-state index in [-0.39, 0.29) is 23.9 Å². The Balaban J connectivity index is 1.17. The molecule has 36 heavy (non-hydrogen) atoms. The van der Waals surface area contributed by atoms with E-state index in [2.05, 4.69) is 54.5 Å². The number of piperidine rings is 1. The number of amides is 1. The molecule has 4 aliphatic heterocycles. The summed E-state index contributed by atoms with van der Waals surface area (Å²) in [5, 5.41) is 9.59. The van der Waals surface area contributed by atoms with Gasteiger partial charge < -0.3 is 30.3 Å². The fraction of sp³-hybridized carbons (Fsp3) is 0.560. The summed E-state index contributed by atoms with van der Waals surface area (Å²) < 4.78 is 21.1. The molecular formula is C25H30FIN6O3. The van der Waals surface area contributed by atoms with E-state index in [1.165, 1.54) is 21.6 Å². The molecule has 3 N–H and O–H groups in total. The lowest BCUT2D eigenvalue weighted by atomic mass is 9.93. The first kappa shape index (κ1) is 24.0. The molecule has 2 aromatic rings. The van der Waals surface area contributed by atoms with Crippen molar-refractivity contribution in [2.45, 2.75) is 57.3 Å². The van der Waals surface area contributed by atoms with Gasteiger partial charge >= 0.3 is 6.08 Å². The molecule has 1 amide bonds. The van der Waals surface area contributed by atoms with Gasteiger partial charge in [-0.15, -0.1) is 0 Å². The summed E-state index contributed by atoms with van der Waals surface area (Å²) in [5.41, 5.74) is 9.42. The number of hydrogen-bond acceptors (Lipinski definition) is 8. The Morgan fingerprint density at radius 1 is 1.33 bits per heavy atom. The minimum Gasteiger partial charge on any atom is -0.493 e. The number of halogens is 2. The van der Waals surface area contributed by atoms with Crippen LogP contribution < -0.4 is 20.3 Å². The number of fused-ring (bicyclic) bond motifs is 4. The van der Waals surface area contributed by atoms with Gasteiger partial charge in [0.05, 0.1) is 12.6 Å². The molecule has 9 nitrogen and oxygen atoms in total. The van der Waals surface area contributed by atoms with Crippen LogP contribution in [0.15, 0.2) is 12.1 Å². The second-order valence-electron chi connectivity index (χ2n) is 10.2. The van der Waals surface area contributed by atoms with Crippen LogP contribution in [0.3, 0.4) is 0 Å². The maximum atomic E-state index is 14.1. The Labute approximate surface area is 222 Å². The van der Waals surface area contributed by atoms with E-state index in [0.29, 0.717) is 24.8 Å². The van der Waals surface area contributed by atoms with Gasteiger partial charge in [-0.1, -0.05) is 0 Å². The molecule has 2 unspecified atom stereocenters. The molecule has 192 valence electrons. The Hall–Kier alpha value is -2.41. The van der Waals surface area contributed by atoms with Crippen molar-refractivity contribution in [2.24, 2.45) is 5.92 Å². The number of carbonyl (C=O) groups excluding carboxylic acids is 1. The van der Waals surface area contributed by atoms with Crippen molar-refractivity contribution in [1.29, 1.82) is 0 Å². The quantitative estimate of drug-likeness (QED) is 0.293. The van der Waals surface area contributed by atoms with Crippen LogP contribution in [0.4, 0.5) is 21.7 Å². The number of aliphatic hydroxyl groups excluding tert-OH is 1. The summed E-state index contributed by atoms with van der Waals surface area (Å²) in [6, 6.07) is 4.60. The molecule has 6 rings (SSSR count). The van der Waals surface area contributed by atoms with Crippen LogP contribution in [0.5, 0.6) is 5.75 Å². The first-order valence-corrected chi connectivity index (χ1v) is 13.7. The predicted molar refractivity (Wildman–Crippen MR) is 141 cm³/mol. The van der Waals surface area contributed by atoms with Crippen LogP contribution in [0.2, 0.25) is 0 Å². The Morgan fingerprint density at radius 3 is 2.86 bits per heavy atom. The lowest BCUT2D eigenvalue weighted by molar-refractivity contribution is -0.140. The first-order chi connectivity index (χ1) is 17.3. The molecule has 3 atom stereocenters. The molecule has 1 aromatic heterocycles. The average Bonchev–Trinajstić information content (AvgIpc) is 3.17. The highest BCUT2D eigenvalue weighted by atomic mass is 127. The first-order valence-electron chi connectivity index (χ1n) is 12.6. The van der Waals surface area contributed by atoms with Gasteiger partial charge in [-0.2, -0.15) is 14.4 Å². The maximum absolute atomic E-state index is 14.1. The number of carbonyl (C=O) groups is 1. The summed E-state index contributed by atoms with van der Waals surface area (Å²) in [5.74, 6) is 2.00. The number of nitrogens with zero attached hydrogens (tertiary/aromatic N) is 5. The van der Waals surface area contributed by atoms with Crippen LogP contribution in [0.1, 0.15) is 37.3 Å². The zero-order valence-corrected chi connectivity index (χ0v) is 22.3. The molecule has 5 heterocycles. The predicted octanol–water partition coefficient (Wildman–Crippen LogP) is 2.32. The molecule has 0 bridgehead atoms. The summed E-state index contributed by atoms with van der Waals surface area (Å²) in [4.78, 5) is 26.2. The standard InChI is InChI=1S/C25H30FIN6O3/c1-13(34)24(35)31-6-2-14(3-7-31)4-8-32-22-20(21(28)29-25(26)30-22)33-18(23(32)33)11-16-12-19-15(5-9-36-19)10-17(16)27/h10,12-14,18,23,34H,2-9,11H2,1H3,(H2,28,29,30)/t13-,18?,23?,33?/m0/s1. The Kier molecular flexibility index (Phi) is 6.09. The van der Waals surface area contributed by atoms with E-state index in [9.17, 15) is 14.3 Å².